The SMILES string of the molecule is Cc1cnc(NC(=O)NC(C)(C)C)n1CC(O)CN(CC(C)C)S(=O)(=O)c1ccccc1. The van der Waals surface area contributed by atoms with E-state index in [-0.39, 0.29) is 36.4 Å². The average Bonchev–Trinajstić information content (AvgIpc) is 2.99. The molecule has 0 spiro atoms. The number of hydrogen-bond donors (Lipinski definition) is 3. The minimum absolute atomic E-state index is 0.0778. The summed E-state index contributed by atoms with van der Waals surface area (Å²) in [6.45, 7) is 11.5. The van der Waals surface area contributed by atoms with Crippen molar-refractivity contribution in [2.45, 2.75) is 64.6 Å². The number of aliphatic hydroxyl groups is 1. The molecule has 0 aliphatic heterocycles. The lowest BCUT2D eigenvalue weighted by molar-refractivity contribution is 0.124. The fourth-order valence-corrected chi connectivity index (χ4v) is 4.85. The highest BCUT2D eigenvalue weighted by Crippen LogP contribution is 2.19. The molecule has 2 aromatic rings. The zero-order valence-electron chi connectivity index (χ0n) is 19.7. The number of sulfonamides is 1. The highest BCUT2D eigenvalue weighted by atomic mass is 32.2. The Labute approximate surface area is 190 Å². The third kappa shape index (κ3) is 7.32. The number of imidazole rings is 1. The van der Waals surface area contributed by atoms with E-state index < -0.39 is 27.7 Å². The summed E-state index contributed by atoms with van der Waals surface area (Å²) in [6.07, 6.45) is 0.581. The van der Waals surface area contributed by atoms with Crippen LogP contribution in [0.1, 0.15) is 40.3 Å². The van der Waals surface area contributed by atoms with Crippen LogP contribution in [-0.2, 0) is 16.6 Å². The molecule has 1 heterocycles. The molecule has 0 radical (unpaired) electrons. The monoisotopic (exact) mass is 465 g/mol. The van der Waals surface area contributed by atoms with Crippen LogP contribution in [0.25, 0.3) is 0 Å². The second kappa shape index (κ2) is 10.5. The number of carbonyl (C=O) groups is 1. The number of urea groups is 1. The summed E-state index contributed by atoms with van der Waals surface area (Å²) in [5, 5.41) is 16.3. The van der Waals surface area contributed by atoms with Gasteiger partial charge in [-0.2, -0.15) is 4.31 Å². The number of nitrogens with one attached hydrogen (secondary N) is 2. The molecule has 1 unspecified atom stereocenters. The van der Waals surface area contributed by atoms with Gasteiger partial charge in [0, 0.05) is 24.3 Å². The molecular formula is C22H35N5O4S. The molecule has 0 aliphatic carbocycles. The molecule has 32 heavy (non-hydrogen) atoms. The molecule has 0 bridgehead atoms. The summed E-state index contributed by atoms with van der Waals surface area (Å²) in [5.74, 6) is 0.360. The van der Waals surface area contributed by atoms with Crippen LogP contribution in [-0.4, -0.2) is 58.1 Å². The van der Waals surface area contributed by atoms with Gasteiger partial charge in [0.2, 0.25) is 16.0 Å². The first-order valence-electron chi connectivity index (χ1n) is 10.6. The number of nitrogens with zero attached hydrogens (tertiary/aromatic N) is 3. The van der Waals surface area contributed by atoms with Crippen molar-refractivity contribution < 1.29 is 18.3 Å². The summed E-state index contributed by atoms with van der Waals surface area (Å²) in [7, 11) is -3.76. The van der Waals surface area contributed by atoms with E-state index in [1.807, 2.05) is 34.6 Å². The molecule has 178 valence electrons. The smallest absolute Gasteiger partial charge is 0.321 e. The Morgan fingerprint density at radius 3 is 2.38 bits per heavy atom. The van der Waals surface area contributed by atoms with Gasteiger partial charge in [-0.25, -0.2) is 18.2 Å². The first-order valence-corrected chi connectivity index (χ1v) is 12.1. The highest BCUT2D eigenvalue weighted by Gasteiger charge is 2.28. The van der Waals surface area contributed by atoms with Crippen molar-refractivity contribution in [2.75, 3.05) is 18.4 Å². The van der Waals surface area contributed by atoms with Gasteiger partial charge >= 0.3 is 6.03 Å². The Balaban J connectivity index is 2.18. The van der Waals surface area contributed by atoms with Crippen LogP contribution in [0.5, 0.6) is 0 Å². The van der Waals surface area contributed by atoms with Crippen molar-refractivity contribution in [3.05, 3.63) is 42.2 Å². The first-order chi connectivity index (χ1) is 14.8. The number of hydrogen-bond acceptors (Lipinski definition) is 5. The van der Waals surface area contributed by atoms with Gasteiger partial charge in [0.05, 0.1) is 23.7 Å². The van der Waals surface area contributed by atoms with Gasteiger partial charge < -0.3 is 15.0 Å². The Morgan fingerprint density at radius 1 is 1.19 bits per heavy atom. The minimum atomic E-state index is -3.76. The Bertz CT molecular complexity index is 997. The molecule has 1 aromatic heterocycles. The highest BCUT2D eigenvalue weighted by molar-refractivity contribution is 7.89. The van der Waals surface area contributed by atoms with Crippen LogP contribution >= 0.6 is 0 Å². The van der Waals surface area contributed by atoms with Crippen LogP contribution in [0.15, 0.2) is 41.4 Å². The van der Waals surface area contributed by atoms with E-state index in [1.165, 1.54) is 4.31 Å². The number of anilines is 1. The summed E-state index contributed by atoms with van der Waals surface area (Å²) >= 11 is 0. The van der Waals surface area contributed by atoms with E-state index in [2.05, 4.69) is 15.6 Å². The van der Waals surface area contributed by atoms with Crippen molar-refractivity contribution in [3.8, 4) is 0 Å². The van der Waals surface area contributed by atoms with Gasteiger partial charge in [-0.3, -0.25) is 5.32 Å². The summed E-state index contributed by atoms with van der Waals surface area (Å²) < 4.78 is 29.3. The number of aromatic nitrogens is 2. The largest absolute Gasteiger partial charge is 0.390 e. The number of aryl methyl sites for hydroxylation is 1. The maximum atomic E-state index is 13.1. The number of rotatable bonds is 9. The molecule has 9 nitrogen and oxygen atoms in total. The number of aliphatic hydroxyl groups excluding tert-OH is 1. The van der Waals surface area contributed by atoms with Gasteiger partial charge in [-0.1, -0.05) is 32.0 Å². The maximum Gasteiger partial charge on any atom is 0.321 e. The fraction of sp³-hybridized carbons (Fsp3) is 0.545. The lowest BCUT2D eigenvalue weighted by Gasteiger charge is -2.27. The predicted octanol–water partition coefficient (Wildman–Crippen LogP) is 2.82. The molecule has 0 aliphatic rings. The summed E-state index contributed by atoms with van der Waals surface area (Å²) in [4.78, 5) is 16.6. The van der Waals surface area contributed by atoms with E-state index in [9.17, 15) is 18.3 Å². The third-order valence-electron chi connectivity index (χ3n) is 4.53. The molecule has 2 rings (SSSR count). The molecule has 3 N–H and O–H groups in total. The summed E-state index contributed by atoms with van der Waals surface area (Å²) in [5.41, 5.74) is 0.315. The Kier molecular flexibility index (Phi) is 8.44. The topological polar surface area (TPSA) is 117 Å². The molecule has 10 heteroatoms. The Hall–Kier alpha value is -2.43. The zero-order valence-corrected chi connectivity index (χ0v) is 20.5. The second-order valence-electron chi connectivity index (χ2n) is 9.35. The minimum Gasteiger partial charge on any atom is -0.390 e. The van der Waals surface area contributed by atoms with Crippen LogP contribution in [0.4, 0.5) is 10.7 Å². The Morgan fingerprint density at radius 2 is 1.81 bits per heavy atom. The zero-order chi connectivity index (χ0) is 24.1. The summed E-state index contributed by atoms with van der Waals surface area (Å²) in [6, 6.07) is 7.79. The molecule has 0 saturated carbocycles. The number of carbonyl (C=O) groups excluding carboxylic acids is 1. The molecule has 0 fully saturated rings. The maximum absolute atomic E-state index is 13.1. The quantitative estimate of drug-likeness (QED) is 0.527. The second-order valence-corrected chi connectivity index (χ2v) is 11.3. The molecule has 2 amide bonds. The molecule has 1 atom stereocenters. The normalized spacial score (nSPS) is 13.4. The van der Waals surface area contributed by atoms with Crippen LogP contribution in [0, 0.1) is 12.8 Å². The van der Waals surface area contributed by atoms with Crippen molar-refractivity contribution in [3.63, 3.8) is 0 Å². The number of benzene rings is 1. The molecular weight excluding hydrogens is 430 g/mol. The van der Waals surface area contributed by atoms with E-state index in [0.29, 0.717) is 0 Å². The lowest BCUT2D eigenvalue weighted by Crippen LogP contribution is -2.44. The van der Waals surface area contributed by atoms with Crippen molar-refractivity contribution in [1.29, 1.82) is 0 Å². The van der Waals surface area contributed by atoms with E-state index in [1.54, 1.807) is 48.0 Å². The van der Waals surface area contributed by atoms with Crippen molar-refractivity contribution in [1.82, 2.24) is 19.2 Å². The van der Waals surface area contributed by atoms with Gasteiger partial charge in [0.1, 0.15) is 0 Å². The number of amides is 2. The average molecular weight is 466 g/mol. The third-order valence-corrected chi connectivity index (χ3v) is 6.37. The fourth-order valence-electron chi connectivity index (χ4n) is 3.19. The standard InChI is InChI=1S/C22H35N5O4S/c1-16(2)13-26(32(30,31)19-10-8-7-9-11-19)14-18(28)15-27-17(3)12-23-20(27)24-21(29)25-22(4,5)6/h7-12,16,18,28H,13-15H2,1-6H3,(H2,23,24,25,29). The van der Waals surface area contributed by atoms with Crippen molar-refractivity contribution in [2.24, 2.45) is 5.92 Å². The van der Waals surface area contributed by atoms with Crippen LogP contribution < -0.4 is 10.6 Å². The van der Waals surface area contributed by atoms with Gasteiger partial charge in [0.15, 0.2) is 0 Å². The molecule has 1 aromatic carbocycles. The first kappa shape index (κ1) is 25.8. The van der Waals surface area contributed by atoms with Gasteiger partial charge in [0.25, 0.3) is 0 Å². The van der Waals surface area contributed by atoms with Gasteiger partial charge in [-0.05, 0) is 45.7 Å². The van der Waals surface area contributed by atoms with Crippen LogP contribution in [0.3, 0.4) is 0 Å². The van der Waals surface area contributed by atoms with E-state index in [4.69, 9.17) is 0 Å². The molecule has 0 saturated heterocycles. The van der Waals surface area contributed by atoms with Crippen molar-refractivity contribution >= 4 is 22.0 Å². The van der Waals surface area contributed by atoms with Gasteiger partial charge in [-0.15, -0.1) is 0 Å². The van der Waals surface area contributed by atoms with E-state index >= 15 is 0 Å². The van der Waals surface area contributed by atoms with Crippen LogP contribution in [0.2, 0.25) is 0 Å². The lowest BCUT2D eigenvalue weighted by atomic mass is 10.1. The van der Waals surface area contributed by atoms with E-state index in [0.717, 1.165) is 5.69 Å². The predicted molar refractivity (Wildman–Crippen MR) is 125 cm³/mol.